The Morgan fingerprint density at radius 1 is 0.771 bits per heavy atom. The van der Waals surface area contributed by atoms with Crippen LogP contribution in [0.2, 0.25) is 0 Å². The molecule has 2 heterocycles. The number of benzene rings is 2. The van der Waals surface area contributed by atoms with Crippen molar-refractivity contribution in [2.75, 3.05) is 54.0 Å². The van der Waals surface area contributed by atoms with E-state index in [1.807, 2.05) is 48.5 Å². The summed E-state index contributed by atoms with van der Waals surface area (Å²) < 4.78 is 12.0. The summed E-state index contributed by atoms with van der Waals surface area (Å²) in [7, 11) is 5.41. The lowest BCUT2D eigenvalue weighted by atomic mass is 10.0. The Morgan fingerprint density at radius 2 is 1.29 bits per heavy atom. The predicted octanol–water partition coefficient (Wildman–Crippen LogP) is 3.47. The van der Waals surface area contributed by atoms with Gasteiger partial charge in [-0.3, -0.25) is 0 Å². The first kappa shape index (κ1) is 28.6. The number of aromatic nitrogens is 3. The van der Waals surface area contributed by atoms with Gasteiger partial charge in [0.05, 0.1) is 14.2 Å². The van der Waals surface area contributed by atoms with E-state index in [9.17, 15) is 4.79 Å². The Balaban J connectivity index is 0.00000216. The SMILES string of the molecule is COc1ccc(-c2nc(=O)n(CCCN3CCN(C)CC3)nc2-c2ccc(OC)cc2)cc1.Cl.Cl. The average Bonchev–Trinajstić information content (AvgIpc) is 2.86. The van der Waals surface area contributed by atoms with Crippen molar-refractivity contribution in [1.82, 2.24) is 24.6 Å². The second kappa shape index (κ2) is 13.4. The first-order chi connectivity index (χ1) is 16.1. The van der Waals surface area contributed by atoms with E-state index in [1.165, 1.54) is 4.68 Å². The summed E-state index contributed by atoms with van der Waals surface area (Å²) in [5, 5.41) is 4.75. The molecule has 8 nitrogen and oxygen atoms in total. The minimum Gasteiger partial charge on any atom is -0.497 e. The molecule has 0 saturated carbocycles. The molecule has 0 radical (unpaired) electrons. The number of aryl methyl sites for hydroxylation is 1. The molecule has 0 N–H and O–H groups in total. The highest BCUT2D eigenvalue weighted by atomic mass is 35.5. The molecule has 1 aliphatic rings. The predicted molar refractivity (Wildman–Crippen MR) is 143 cm³/mol. The number of halogens is 2. The number of nitrogens with zero attached hydrogens (tertiary/aromatic N) is 5. The minimum atomic E-state index is -0.337. The van der Waals surface area contributed by atoms with Crippen molar-refractivity contribution in [3.8, 4) is 34.0 Å². The molecule has 1 aromatic heterocycles. The Labute approximate surface area is 218 Å². The highest BCUT2D eigenvalue weighted by Crippen LogP contribution is 2.29. The van der Waals surface area contributed by atoms with Crippen LogP contribution < -0.4 is 15.2 Å². The van der Waals surface area contributed by atoms with Crippen molar-refractivity contribution in [2.24, 2.45) is 0 Å². The van der Waals surface area contributed by atoms with Crippen LogP contribution in [-0.2, 0) is 6.54 Å². The van der Waals surface area contributed by atoms with Gasteiger partial charge in [-0.2, -0.15) is 10.1 Å². The molecule has 0 unspecified atom stereocenters. The lowest BCUT2D eigenvalue weighted by molar-refractivity contribution is 0.150. The molecule has 1 aliphatic heterocycles. The van der Waals surface area contributed by atoms with Gasteiger partial charge in [0.25, 0.3) is 0 Å². The van der Waals surface area contributed by atoms with Crippen LogP contribution in [-0.4, -0.2) is 78.6 Å². The minimum absolute atomic E-state index is 0. The first-order valence-electron chi connectivity index (χ1n) is 11.3. The highest BCUT2D eigenvalue weighted by molar-refractivity contribution is 5.85. The summed E-state index contributed by atoms with van der Waals surface area (Å²) in [6, 6.07) is 15.2. The van der Waals surface area contributed by atoms with Crippen molar-refractivity contribution in [1.29, 1.82) is 0 Å². The molecule has 3 aromatic rings. The topological polar surface area (TPSA) is 72.7 Å². The summed E-state index contributed by atoms with van der Waals surface area (Å²) in [4.78, 5) is 22.1. The molecule has 0 bridgehead atoms. The summed E-state index contributed by atoms with van der Waals surface area (Å²) >= 11 is 0. The second-order valence-corrected chi connectivity index (χ2v) is 8.27. The van der Waals surface area contributed by atoms with Gasteiger partial charge in [-0.15, -0.1) is 24.8 Å². The summed E-state index contributed by atoms with van der Waals surface area (Å²) in [5.41, 5.74) is 2.58. The fourth-order valence-corrected chi connectivity index (χ4v) is 3.97. The number of methoxy groups -OCH3 is 2. The van der Waals surface area contributed by atoms with E-state index in [4.69, 9.17) is 14.6 Å². The van der Waals surface area contributed by atoms with E-state index in [2.05, 4.69) is 21.8 Å². The molecule has 1 saturated heterocycles. The number of hydrogen-bond donors (Lipinski definition) is 0. The summed E-state index contributed by atoms with van der Waals surface area (Å²) in [5.74, 6) is 1.51. The highest BCUT2D eigenvalue weighted by Gasteiger charge is 2.17. The maximum absolute atomic E-state index is 12.9. The van der Waals surface area contributed by atoms with Crippen LogP contribution in [0.1, 0.15) is 6.42 Å². The summed E-state index contributed by atoms with van der Waals surface area (Å²) in [6.45, 7) is 5.76. The molecule has 0 aliphatic carbocycles. The van der Waals surface area contributed by atoms with Gasteiger partial charge in [0, 0.05) is 50.4 Å². The lowest BCUT2D eigenvalue weighted by Gasteiger charge is -2.32. The standard InChI is InChI=1S/C25H31N5O3.2ClH/c1-28-15-17-29(18-16-28)13-4-14-30-25(31)26-23(19-5-9-21(32-2)10-6-19)24(27-30)20-7-11-22(33-3)12-8-20;;/h5-12H,4,13-18H2,1-3H3;2*1H. The Bertz CT molecular complexity index is 1120. The van der Waals surface area contributed by atoms with Crippen molar-refractivity contribution < 1.29 is 9.47 Å². The third-order valence-electron chi connectivity index (χ3n) is 6.04. The zero-order chi connectivity index (χ0) is 23.2. The van der Waals surface area contributed by atoms with E-state index in [1.54, 1.807) is 14.2 Å². The van der Waals surface area contributed by atoms with Crippen molar-refractivity contribution in [2.45, 2.75) is 13.0 Å². The zero-order valence-corrected chi connectivity index (χ0v) is 22.0. The molecule has 2 aromatic carbocycles. The average molecular weight is 522 g/mol. The Kier molecular flexibility index (Phi) is 11.0. The molecule has 4 rings (SSSR count). The maximum Gasteiger partial charge on any atom is 0.364 e. The number of ether oxygens (including phenoxy) is 2. The maximum atomic E-state index is 12.9. The molecule has 1 fully saturated rings. The molecule has 190 valence electrons. The Hall–Kier alpha value is -2.65. The number of piperazine rings is 1. The fraction of sp³-hybridized carbons (Fsp3) is 0.400. The van der Waals surface area contributed by atoms with Gasteiger partial charge >= 0.3 is 5.69 Å². The van der Waals surface area contributed by atoms with E-state index in [0.717, 1.165) is 61.8 Å². The lowest BCUT2D eigenvalue weighted by Crippen LogP contribution is -2.45. The smallest absolute Gasteiger partial charge is 0.364 e. The van der Waals surface area contributed by atoms with E-state index in [0.29, 0.717) is 17.9 Å². The van der Waals surface area contributed by atoms with Crippen LogP contribution in [0.5, 0.6) is 11.5 Å². The van der Waals surface area contributed by atoms with Crippen LogP contribution in [0.15, 0.2) is 53.3 Å². The molecule has 0 atom stereocenters. The van der Waals surface area contributed by atoms with Gasteiger partial charge in [-0.05, 0) is 62.0 Å². The second-order valence-electron chi connectivity index (χ2n) is 8.27. The Morgan fingerprint density at radius 3 is 1.80 bits per heavy atom. The van der Waals surface area contributed by atoms with Crippen LogP contribution in [0.4, 0.5) is 0 Å². The monoisotopic (exact) mass is 521 g/mol. The van der Waals surface area contributed by atoms with Gasteiger partial charge in [-0.1, -0.05) is 0 Å². The van der Waals surface area contributed by atoms with Gasteiger partial charge in [0.1, 0.15) is 22.9 Å². The van der Waals surface area contributed by atoms with Gasteiger partial charge < -0.3 is 19.3 Å². The molecule has 0 amide bonds. The fourth-order valence-electron chi connectivity index (χ4n) is 3.97. The molecule has 0 spiro atoms. The van der Waals surface area contributed by atoms with Crippen molar-refractivity contribution >= 4 is 24.8 Å². The third-order valence-corrected chi connectivity index (χ3v) is 6.04. The first-order valence-corrected chi connectivity index (χ1v) is 11.3. The quantitative estimate of drug-likeness (QED) is 0.449. The van der Waals surface area contributed by atoms with E-state index in [-0.39, 0.29) is 30.5 Å². The largest absolute Gasteiger partial charge is 0.497 e. The molecule has 10 heteroatoms. The van der Waals surface area contributed by atoms with Crippen LogP contribution >= 0.6 is 24.8 Å². The third kappa shape index (κ3) is 7.18. The summed E-state index contributed by atoms with van der Waals surface area (Å²) in [6.07, 6.45) is 0.849. The molecule has 35 heavy (non-hydrogen) atoms. The number of hydrogen-bond acceptors (Lipinski definition) is 7. The van der Waals surface area contributed by atoms with Crippen molar-refractivity contribution in [3.63, 3.8) is 0 Å². The number of likely N-dealkylation sites (N-methyl/N-ethyl adjacent to an activating group) is 1. The van der Waals surface area contributed by atoms with Crippen molar-refractivity contribution in [3.05, 3.63) is 59.0 Å². The van der Waals surface area contributed by atoms with Gasteiger partial charge in [-0.25, -0.2) is 9.48 Å². The van der Waals surface area contributed by atoms with E-state index >= 15 is 0 Å². The zero-order valence-electron chi connectivity index (χ0n) is 20.3. The normalized spacial score (nSPS) is 14.0. The molecular weight excluding hydrogens is 489 g/mol. The van der Waals surface area contributed by atoms with E-state index < -0.39 is 0 Å². The van der Waals surface area contributed by atoms with Crippen LogP contribution in [0, 0.1) is 0 Å². The van der Waals surface area contributed by atoms with Crippen LogP contribution in [0.25, 0.3) is 22.5 Å². The number of rotatable bonds is 8. The molecular formula is C25H33Cl2N5O3. The van der Waals surface area contributed by atoms with Gasteiger partial charge in [0.15, 0.2) is 0 Å². The van der Waals surface area contributed by atoms with Gasteiger partial charge in [0.2, 0.25) is 0 Å². The van der Waals surface area contributed by atoms with Crippen LogP contribution in [0.3, 0.4) is 0 Å².